The van der Waals surface area contributed by atoms with E-state index in [0.717, 1.165) is 12.5 Å². The van der Waals surface area contributed by atoms with Crippen LogP contribution in [0.4, 0.5) is 0 Å². The fourth-order valence-electron chi connectivity index (χ4n) is 2.75. The van der Waals surface area contributed by atoms with Gasteiger partial charge in [0.05, 0.1) is 0 Å². The van der Waals surface area contributed by atoms with E-state index in [1.807, 2.05) is 0 Å². The van der Waals surface area contributed by atoms with Gasteiger partial charge in [0.1, 0.15) is 0 Å². The standard InChI is InChI=1S/C18H26OSi2/c1-20(2,3)19-21(4,18-13-9-6-10-14-18)16-15-17-11-7-5-8-12-17/h5-14H,15-16H2,1-4H3. The van der Waals surface area contributed by atoms with E-state index in [0.29, 0.717) is 0 Å². The van der Waals surface area contributed by atoms with Crippen molar-refractivity contribution >= 4 is 21.8 Å². The highest BCUT2D eigenvalue weighted by Crippen LogP contribution is 2.21. The van der Waals surface area contributed by atoms with Crippen molar-refractivity contribution in [2.24, 2.45) is 0 Å². The summed E-state index contributed by atoms with van der Waals surface area (Å²) in [6.07, 6.45) is 1.10. The Bertz CT molecular complexity index is 548. The summed E-state index contributed by atoms with van der Waals surface area (Å²) >= 11 is 0. The van der Waals surface area contributed by atoms with Gasteiger partial charge in [0.25, 0.3) is 0 Å². The van der Waals surface area contributed by atoms with Crippen molar-refractivity contribution in [3.05, 3.63) is 66.2 Å². The van der Waals surface area contributed by atoms with Crippen molar-refractivity contribution in [1.29, 1.82) is 0 Å². The fraction of sp³-hybridized carbons (Fsp3) is 0.333. The Balaban J connectivity index is 2.20. The summed E-state index contributed by atoms with van der Waals surface area (Å²) in [5.74, 6) is 0. The van der Waals surface area contributed by atoms with Crippen LogP contribution in [0.2, 0.25) is 32.2 Å². The van der Waals surface area contributed by atoms with Crippen molar-refractivity contribution in [2.75, 3.05) is 0 Å². The van der Waals surface area contributed by atoms with Crippen molar-refractivity contribution < 1.29 is 4.12 Å². The van der Waals surface area contributed by atoms with Crippen molar-refractivity contribution in [1.82, 2.24) is 0 Å². The third kappa shape index (κ3) is 4.95. The van der Waals surface area contributed by atoms with Crippen LogP contribution in [0.3, 0.4) is 0 Å². The molecule has 0 N–H and O–H groups in total. The summed E-state index contributed by atoms with van der Waals surface area (Å²) in [6, 6.07) is 22.8. The van der Waals surface area contributed by atoms with Gasteiger partial charge in [0, 0.05) is 0 Å². The molecule has 21 heavy (non-hydrogen) atoms. The fourth-order valence-corrected chi connectivity index (χ4v) is 11.0. The number of benzene rings is 2. The largest absolute Gasteiger partial charge is 0.452 e. The maximum atomic E-state index is 6.71. The third-order valence-electron chi connectivity index (χ3n) is 3.65. The van der Waals surface area contributed by atoms with Gasteiger partial charge in [0.15, 0.2) is 8.32 Å². The molecule has 0 heterocycles. The average molecular weight is 315 g/mol. The van der Waals surface area contributed by atoms with Crippen LogP contribution in [0.1, 0.15) is 5.56 Å². The van der Waals surface area contributed by atoms with E-state index in [4.69, 9.17) is 4.12 Å². The van der Waals surface area contributed by atoms with E-state index in [1.54, 1.807) is 0 Å². The zero-order chi connectivity index (χ0) is 15.3. The highest BCUT2D eigenvalue weighted by Gasteiger charge is 2.35. The van der Waals surface area contributed by atoms with Crippen LogP contribution in [0.5, 0.6) is 0 Å². The lowest BCUT2D eigenvalue weighted by molar-refractivity contribution is 0.554. The number of hydrogen-bond acceptors (Lipinski definition) is 1. The van der Waals surface area contributed by atoms with Gasteiger partial charge in [-0.3, -0.25) is 0 Å². The van der Waals surface area contributed by atoms with Crippen LogP contribution in [-0.4, -0.2) is 16.6 Å². The second kappa shape index (κ2) is 6.73. The smallest absolute Gasteiger partial charge is 0.209 e. The van der Waals surface area contributed by atoms with Gasteiger partial charge in [-0.05, 0) is 49.4 Å². The molecule has 0 radical (unpaired) electrons. The molecule has 0 bridgehead atoms. The molecule has 0 saturated carbocycles. The van der Waals surface area contributed by atoms with E-state index in [1.165, 1.54) is 10.8 Å². The predicted molar refractivity (Wildman–Crippen MR) is 97.1 cm³/mol. The van der Waals surface area contributed by atoms with E-state index in [2.05, 4.69) is 86.9 Å². The molecule has 0 aliphatic heterocycles. The molecule has 1 nitrogen and oxygen atoms in total. The monoisotopic (exact) mass is 314 g/mol. The molecule has 0 spiro atoms. The Labute approximate surface area is 131 Å². The molecular formula is C18H26OSi2. The second-order valence-corrected chi connectivity index (χ2v) is 15.4. The Morgan fingerprint density at radius 2 is 1.29 bits per heavy atom. The SMILES string of the molecule is C[Si](C)(C)O[Si](C)(CCc1ccccc1)c1ccccc1. The summed E-state index contributed by atoms with van der Waals surface area (Å²) in [6.45, 7) is 9.26. The quantitative estimate of drug-likeness (QED) is 0.710. The zero-order valence-corrected chi connectivity index (χ0v) is 15.6. The maximum Gasteiger partial charge on any atom is 0.209 e. The van der Waals surface area contributed by atoms with Crippen molar-refractivity contribution in [2.45, 2.75) is 38.7 Å². The van der Waals surface area contributed by atoms with Gasteiger partial charge in [-0.15, -0.1) is 0 Å². The zero-order valence-electron chi connectivity index (χ0n) is 13.6. The molecule has 0 aliphatic rings. The summed E-state index contributed by atoms with van der Waals surface area (Å²) in [7, 11) is -3.43. The second-order valence-electron chi connectivity index (χ2n) is 6.80. The molecule has 1 atom stereocenters. The average Bonchev–Trinajstić information content (AvgIpc) is 2.46. The first kappa shape index (κ1) is 16.2. The van der Waals surface area contributed by atoms with Crippen LogP contribution in [0.25, 0.3) is 0 Å². The summed E-state index contributed by atoms with van der Waals surface area (Å²) < 4.78 is 6.71. The molecule has 0 aliphatic carbocycles. The Kier molecular flexibility index (Phi) is 5.19. The van der Waals surface area contributed by atoms with Crippen LogP contribution in [0, 0.1) is 0 Å². The molecule has 112 valence electrons. The van der Waals surface area contributed by atoms with E-state index in [-0.39, 0.29) is 0 Å². The molecule has 0 amide bonds. The van der Waals surface area contributed by atoms with Gasteiger partial charge in [0.2, 0.25) is 8.32 Å². The van der Waals surface area contributed by atoms with Gasteiger partial charge >= 0.3 is 0 Å². The molecule has 2 rings (SSSR count). The molecule has 2 aromatic rings. The molecule has 0 saturated heterocycles. The van der Waals surface area contributed by atoms with Gasteiger partial charge in [-0.2, -0.15) is 0 Å². The molecule has 0 aromatic heterocycles. The van der Waals surface area contributed by atoms with Crippen LogP contribution in [0.15, 0.2) is 60.7 Å². The van der Waals surface area contributed by atoms with Crippen LogP contribution >= 0.6 is 0 Å². The molecule has 3 heteroatoms. The number of aryl methyl sites for hydroxylation is 1. The molecule has 0 fully saturated rings. The maximum absolute atomic E-state index is 6.71. The van der Waals surface area contributed by atoms with E-state index in [9.17, 15) is 0 Å². The first-order chi connectivity index (χ1) is 9.89. The summed E-state index contributed by atoms with van der Waals surface area (Å²) in [5.41, 5.74) is 1.41. The Morgan fingerprint density at radius 1 is 0.762 bits per heavy atom. The van der Waals surface area contributed by atoms with Crippen LogP contribution < -0.4 is 5.19 Å². The number of rotatable bonds is 6. The minimum atomic E-state index is -1.88. The highest BCUT2D eigenvalue weighted by atomic mass is 28.4. The summed E-state index contributed by atoms with van der Waals surface area (Å²) in [4.78, 5) is 0. The normalized spacial score (nSPS) is 14.7. The van der Waals surface area contributed by atoms with E-state index < -0.39 is 16.6 Å². The van der Waals surface area contributed by atoms with Crippen molar-refractivity contribution in [3.8, 4) is 0 Å². The molecule has 2 aromatic carbocycles. The van der Waals surface area contributed by atoms with Gasteiger partial charge in [-0.25, -0.2) is 0 Å². The lowest BCUT2D eigenvalue weighted by atomic mass is 10.2. The van der Waals surface area contributed by atoms with Crippen LogP contribution in [-0.2, 0) is 10.5 Å². The lowest BCUT2D eigenvalue weighted by Crippen LogP contribution is -2.54. The lowest BCUT2D eigenvalue weighted by Gasteiger charge is -2.35. The molecular weight excluding hydrogens is 288 g/mol. The van der Waals surface area contributed by atoms with Gasteiger partial charge in [-0.1, -0.05) is 60.7 Å². The molecule has 1 unspecified atom stereocenters. The number of hydrogen-bond donors (Lipinski definition) is 0. The van der Waals surface area contributed by atoms with Crippen molar-refractivity contribution in [3.63, 3.8) is 0 Å². The minimum Gasteiger partial charge on any atom is -0.452 e. The third-order valence-corrected chi connectivity index (χ3v) is 10.7. The summed E-state index contributed by atoms with van der Waals surface area (Å²) in [5, 5.41) is 1.42. The Morgan fingerprint density at radius 3 is 1.81 bits per heavy atom. The highest BCUT2D eigenvalue weighted by molar-refractivity contribution is 6.92. The minimum absolute atomic E-state index is 1.10. The van der Waals surface area contributed by atoms with E-state index >= 15 is 0 Å². The first-order valence-corrected chi connectivity index (χ1v) is 13.7. The Hall–Kier alpha value is -1.17. The predicted octanol–water partition coefficient (Wildman–Crippen LogP) is 4.56. The van der Waals surface area contributed by atoms with Gasteiger partial charge < -0.3 is 4.12 Å². The topological polar surface area (TPSA) is 9.23 Å². The first-order valence-electron chi connectivity index (χ1n) is 7.69.